The van der Waals surface area contributed by atoms with Crippen molar-refractivity contribution >= 4 is 23.5 Å². The van der Waals surface area contributed by atoms with E-state index >= 15 is 0 Å². The van der Waals surface area contributed by atoms with Crippen LogP contribution in [0.5, 0.6) is 0 Å². The highest BCUT2D eigenvalue weighted by molar-refractivity contribution is 6.22. The second-order valence-corrected chi connectivity index (χ2v) is 6.72. The number of benzene rings is 2. The normalized spacial score (nSPS) is 16.6. The van der Waals surface area contributed by atoms with E-state index in [4.69, 9.17) is 0 Å². The van der Waals surface area contributed by atoms with Gasteiger partial charge in [0.05, 0.1) is 12.1 Å². The number of rotatable bonds is 6. The van der Waals surface area contributed by atoms with Gasteiger partial charge in [-0.2, -0.15) is 0 Å². The lowest BCUT2D eigenvalue weighted by molar-refractivity contribution is -0.127. The first-order chi connectivity index (χ1) is 13.4. The molecule has 0 radical (unpaired) electrons. The fourth-order valence-corrected chi connectivity index (χ4v) is 3.18. The van der Waals surface area contributed by atoms with Crippen LogP contribution in [0.4, 0.5) is 14.9 Å². The molecule has 1 saturated heterocycles. The van der Waals surface area contributed by atoms with Gasteiger partial charge in [0.25, 0.3) is 5.91 Å². The van der Waals surface area contributed by atoms with Crippen molar-refractivity contribution in [1.29, 1.82) is 0 Å². The molecule has 1 heterocycles. The Hall–Kier alpha value is -3.22. The van der Waals surface area contributed by atoms with Crippen LogP contribution in [0, 0.1) is 12.7 Å². The van der Waals surface area contributed by atoms with Gasteiger partial charge in [0, 0.05) is 13.1 Å². The topological polar surface area (TPSA) is 69.7 Å². The Bertz CT molecular complexity index is 881. The minimum absolute atomic E-state index is 0.108. The Morgan fingerprint density at radius 2 is 1.71 bits per heavy atom. The van der Waals surface area contributed by atoms with Crippen LogP contribution in [-0.4, -0.2) is 35.3 Å². The highest BCUT2D eigenvalue weighted by atomic mass is 19.1. The number of amides is 4. The van der Waals surface area contributed by atoms with Gasteiger partial charge < -0.3 is 10.2 Å². The smallest absolute Gasteiger partial charge is 0.332 e. The van der Waals surface area contributed by atoms with Crippen molar-refractivity contribution in [2.45, 2.75) is 32.9 Å². The zero-order valence-electron chi connectivity index (χ0n) is 15.8. The Morgan fingerprint density at radius 1 is 1.07 bits per heavy atom. The highest BCUT2D eigenvalue weighted by Gasteiger charge is 2.46. The number of nitrogens with zero attached hydrogens (tertiary/aromatic N) is 2. The SMILES string of the molecule is CCNC(=O)C[C@H]1C(=O)N(c2ccc(C)cc2)C(=O)N1Cc1ccc(F)cc1. The van der Waals surface area contributed by atoms with Gasteiger partial charge in [-0.1, -0.05) is 29.8 Å². The van der Waals surface area contributed by atoms with E-state index in [9.17, 15) is 18.8 Å². The summed E-state index contributed by atoms with van der Waals surface area (Å²) < 4.78 is 13.2. The van der Waals surface area contributed by atoms with Crippen molar-refractivity contribution < 1.29 is 18.8 Å². The lowest BCUT2D eigenvalue weighted by Crippen LogP contribution is -2.39. The van der Waals surface area contributed by atoms with Crippen molar-refractivity contribution in [3.63, 3.8) is 0 Å². The van der Waals surface area contributed by atoms with Gasteiger partial charge in [-0.3, -0.25) is 9.59 Å². The number of halogens is 1. The van der Waals surface area contributed by atoms with Gasteiger partial charge in [0.2, 0.25) is 5.91 Å². The lowest BCUT2D eigenvalue weighted by Gasteiger charge is -2.21. The maximum atomic E-state index is 13.2. The first-order valence-corrected chi connectivity index (χ1v) is 9.13. The van der Waals surface area contributed by atoms with Crippen molar-refractivity contribution in [2.75, 3.05) is 11.4 Å². The molecular weight excluding hydrogens is 361 g/mol. The van der Waals surface area contributed by atoms with E-state index in [0.29, 0.717) is 17.8 Å². The first-order valence-electron chi connectivity index (χ1n) is 9.13. The number of urea groups is 1. The minimum atomic E-state index is -0.912. The summed E-state index contributed by atoms with van der Waals surface area (Å²) in [5.74, 6) is -1.13. The highest BCUT2D eigenvalue weighted by Crippen LogP contribution is 2.28. The molecule has 146 valence electrons. The molecule has 0 spiro atoms. The Morgan fingerprint density at radius 3 is 2.32 bits per heavy atom. The number of carbonyl (C=O) groups is 3. The van der Waals surface area contributed by atoms with E-state index in [0.717, 1.165) is 10.5 Å². The van der Waals surface area contributed by atoms with E-state index in [1.54, 1.807) is 31.2 Å². The van der Waals surface area contributed by atoms with E-state index in [-0.39, 0.29) is 24.7 Å². The zero-order valence-corrected chi connectivity index (χ0v) is 15.8. The average Bonchev–Trinajstić information content (AvgIpc) is 2.89. The van der Waals surface area contributed by atoms with Crippen molar-refractivity contribution in [3.8, 4) is 0 Å². The summed E-state index contributed by atoms with van der Waals surface area (Å²) in [6.45, 7) is 4.25. The van der Waals surface area contributed by atoms with Crippen LogP contribution >= 0.6 is 0 Å². The number of anilines is 1. The fourth-order valence-electron chi connectivity index (χ4n) is 3.18. The third kappa shape index (κ3) is 4.03. The fraction of sp³-hybridized carbons (Fsp3) is 0.286. The van der Waals surface area contributed by atoms with Gasteiger partial charge in [-0.05, 0) is 43.7 Å². The second kappa shape index (κ2) is 8.21. The van der Waals surface area contributed by atoms with Crippen molar-refractivity contribution in [2.24, 2.45) is 0 Å². The van der Waals surface area contributed by atoms with E-state index in [2.05, 4.69) is 5.32 Å². The molecule has 0 saturated carbocycles. The summed E-state index contributed by atoms with van der Waals surface area (Å²) >= 11 is 0. The third-order valence-electron chi connectivity index (χ3n) is 4.63. The number of nitrogens with one attached hydrogen (secondary N) is 1. The summed E-state index contributed by atoms with van der Waals surface area (Å²) in [5.41, 5.74) is 2.14. The largest absolute Gasteiger partial charge is 0.356 e. The van der Waals surface area contributed by atoms with Gasteiger partial charge in [-0.15, -0.1) is 0 Å². The number of aryl methyl sites for hydroxylation is 1. The summed E-state index contributed by atoms with van der Waals surface area (Å²) in [4.78, 5) is 40.6. The van der Waals surface area contributed by atoms with E-state index in [1.807, 2.05) is 19.1 Å². The predicted octanol–water partition coefficient (Wildman–Crippen LogP) is 3.00. The van der Waals surface area contributed by atoms with Crippen LogP contribution in [0.25, 0.3) is 0 Å². The van der Waals surface area contributed by atoms with Crippen LogP contribution in [0.15, 0.2) is 48.5 Å². The summed E-state index contributed by atoms with van der Waals surface area (Å²) in [5, 5.41) is 2.66. The number of hydrogen-bond acceptors (Lipinski definition) is 3. The molecule has 7 heteroatoms. The Kier molecular flexibility index (Phi) is 5.73. The summed E-state index contributed by atoms with van der Waals surface area (Å²) in [6.07, 6.45) is -0.123. The van der Waals surface area contributed by atoms with Crippen LogP contribution < -0.4 is 10.2 Å². The summed E-state index contributed by atoms with van der Waals surface area (Å²) in [7, 11) is 0. The Labute approximate surface area is 162 Å². The molecule has 0 aliphatic carbocycles. The summed E-state index contributed by atoms with van der Waals surface area (Å²) in [6, 6.07) is 11.4. The minimum Gasteiger partial charge on any atom is -0.356 e. The average molecular weight is 383 g/mol. The molecular formula is C21H22FN3O3. The second-order valence-electron chi connectivity index (χ2n) is 6.72. The first kappa shape index (κ1) is 19.5. The molecule has 28 heavy (non-hydrogen) atoms. The van der Waals surface area contributed by atoms with Gasteiger partial charge >= 0.3 is 6.03 Å². The molecule has 1 N–H and O–H groups in total. The molecule has 0 unspecified atom stereocenters. The molecule has 2 aromatic carbocycles. The third-order valence-corrected chi connectivity index (χ3v) is 4.63. The van der Waals surface area contributed by atoms with Gasteiger partial charge in [0.15, 0.2) is 0 Å². The Balaban J connectivity index is 1.91. The van der Waals surface area contributed by atoms with Crippen molar-refractivity contribution in [1.82, 2.24) is 10.2 Å². The molecule has 6 nitrogen and oxygen atoms in total. The van der Waals surface area contributed by atoms with Crippen LogP contribution in [-0.2, 0) is 16.1 Å². The van der Waals surface area contributed by atoms with Crippen LogP contribution in [0.3, 0.4) is 0 Å². The number of imide groups is 1. The van der Waals surface area contributed by atoms with Gasteiger partial charge in [-0.25, -0.2) is 14.1 Å². The zero-order chi connectivity index (χ0) is 20.3. The molecule has 1 fully saturated rings. The van der Waals surface area contributed by atoms with Crippen LogP contribution in [0.1, 0.15) is 24.5 Å². The molecule has 3 rings (SSSR count). The molecule has 1 atom stereocenters. The number of carbonyl (C=O) groups excluding carboxylic acids is 3. The molecule has 1 aliphatic heterocycles. The predicted molar refractivity (Wildman–Crippen MR) is 103 cm³/mol. The molecule has 0 aromatic heterocycles. The molecule has 4 amide bonds. The maximum absolute atomic E-state index is 13.2. The van der Waals surface area contributed by atoms with Crippen LogP contribution in [0.2, 0.25) is 0 Å². The quantitative estimate of drug-likeness (QED) is 0.780. The van der Waals surface area contributed by atoms with E-state index < -0.39 is 18.0 Å². The lowest BCUT2D eigenvalue weighted by atomic mass is 10.1. The maximum Gasteiger partial charge on any atom is 0.332 e. The standard InChI is InChI=1S/C21H22FN3O3/c1-3-23-19(26)12-18-20(27)25(17-10-4-14(2)5-11-17)21(28)24(18)13-15-6-8-16(22)9-7-15/h4-11,18H,3,12-13H2,1-2H3,(H,23,26)/t18-/m0/s1. The van der Waals surface area contributed by atoms with Gasteiger partial charge in [0.1, 0.15) is 11.9 Å². The molecule has 1 aliphatic rings. The molecule has 0 bridgehead atoms. The number of hydrogen-bond donors (Lipinski definition) is 1. The molecule has 2 aromatic rings. The monoisotopic (exact) mass is 383 g/mol. The van der Waals surface area contributed by atoms with Crippen molar-refractivity contribution in [3.05, 3.63) is 65.5 Å². The van der Waals surface area contributed by atoms with E-state index in [1.165, 1.54) is 17.0 Å².